The Labute approximate surface area is 144 Å². The summed E-state index contributed by atoms with van der Waals surface area (Å²) in [6.45, 7) is 2.21. The van der Waals surface area contributed by atoms with Crippen LogP contribution in [0.1, 0.15) is 25.1 Å². The van der Waals surface area contributed by atoms with Crippen LogP contribution < -0.4 is 0 Å². The molecule has 5 heteroatoms. The molecular formula is C20H16N4O. The van der Waals surface area contributed by atoms with E-state index >= 15 is 0 Å². The molecule has 1 aliphatic rings. The van der Waals surface area contributed by atoms with E-state index in [0.29, 0.717) is 17.7 Å². The molecule has 0 spiro atoms. The Hall–Kier alpha value is -3.08. The molecule has 1 aliphatic carbocycles. The van der Waals surface area contributed by atoms with E-state index in [4.69, 9.17) is 9.51 Å². The van der Waals surface area contributed by atoms with E-state index in [0.717, 1.165) is 40.1 Å². The van der Waals surface area contributed by atoms with E-state index in [1.54, 1.807) is 6.20 Å². The van der Waals surface area contributed by atoms with Gasteiger partial charge in [-0.1, -0.05) is 36.3 Å². The molecular weight excluding hydrogens is 312 g/mol. The first kappa shape index (κ1) is 14.3. The van der Waals surface area contributed by atoms with Crippen LogP contribution in [-0.4, -0.2) is 20.1 Å². The number of rotatable bonds is 3. The summed E-state index contributed by atoms with van der Waals surface area (Å²) in [5, 5.41) is 5.19. The highest BCUT2D eigenvalue weighted by Gasteiger charge is 2.38. The van der Waals surface area contributed by atoms with Gasteiger partial charge in [0.1, 0.15) is 0 Å². The number of fused-ring (bicyclic) bond motifs is 1. The van der Waals surface area contributed by atoms with E-state index < -0.39 is 0 Å². The maximum absolute atomic E-state index is 5.59. The molecule has 5 nitrogen and oxygen atoms in total. The van der Waals surface area contributed by atoms with Crippen molar-refractivity contribution >= 4 is 10.9 Å². The fourth-order valence-corrected chi connectivity index (χ4v) is 3.17. The van der Waals surface area contributed by atoms with Crippen molar-refractivity contribution in [1.82, 2.24) is 20.1 Å². The summed E-state index contributed by atoms with van der Waals surface area (Å²) < 4.78 is 5.59. The van der Waals surface area contributed by atoms with Crippen LogP contribution in [0.25, 0.3) is 33.7 Å². The number of nitrogens with zero attached hydrogens (tertiary/aromatic N) is 4. The van der Waals surface area contributed by atoms with Crippen LogP contribution >= 0.6 is 0 Å². The first-order valence-corrected chi connectivity index (χ1v) is 8.45. The van der Waals surface area contributed by atoms with Gasteiger partial charge in [-0.15, -0.1) is 0 Å². The van der Waals surface area contributed by atoms with Gasteiger partial charge < -0.3 is 4.52 Å². The van der Waals surface area contributed by atoms with Gasteiger partial charge in [-0.05, 0) is 36.6 Å². The lowest BCUT2D eigenvalue weighted by Gasteiger charge is -2.06. The first-order valence-electron chi connectivity index (χ1n) is 8.45. The summed E-state index contributed by atoms with van der Waals surface area (Å²) in [7, 11) is 0. The van der Waals surface area contributed by atoms with Gasteiger partial charge in [0.15, 0.2) is 5.82 Å². The Morgan fingerprint density at radius 2 is 1.84 bits per heavy atom. The minimum absolute atomic E-state index is 0.431. The zero-order chi connectivity index (χ0) is 16.8. The van der Waals surface area contributed by atoms with Crippen molar-refractivity contribution in [3.05, 3.63) is 60.6 Å². The second-order valence-corrected chi connectivity index (χ2v) is 6.56. The lowest BCUT2D eigenvalue weighted by atomic mass is 10.1. The van der Waals surface area contributed by atoms with Crippen molar-refractivity contribution in [2.75, 3.05) is 0 Å². The van der Waals surface area contributed by atoms with Gasteiger partial charge >= 0.3 is 0 Å². The van der Waals surface area contributed by atoms with Crippen molar-refractivity contribution in [2.24, 2.45) is 5.92 Å². The number of aromatic nitrogens is 4. The van der Waals surface area contributed by atoms with Gasteiger partial charge in [0.2, 0.25) is 0 Å². The summed E-state index contributed by atoms with van der Waals surface area (Å²) in [4.78, 5) is 13.8. The molecule has 1 saturated carbocycles. The average molecular weight is 328 g/mol. The zero-order valence-corrected chi connectivity index (χ0v) is 13.8. The first-order chi connectivity index (χ1) is 12.3. The lowest BCUT2D eigenvalue weighted by molar-refractivity contribution is 0.422. The summed E-state index contributed by atoms with van der Waals surface area (Å²) in [6.07, 6.45) is 2.90. The van der Waals surface area contributed by atoms with Crippen molar-refractivity contribution in [2.45, 2.75) is 19.3 Å². The van der Waals surface area contributed by atoms with E-state index in [-0.39, 0.29) is 0 Å². The third kappa shape index (κ3) is 2.48. The van der Waals surface area contributed by atoms with Crippen molar-refractivity contribution in [3.8, 4) is 22.8 Å². The summed E-state index contributed by atoms with van der Waals surface area (Å²) in [5.41, 5.74) is 3.41. The van der Waals surface area contributed by atoms with E-state index in [1.165, 1.54) is 0 Å². The molecule has 1 aromatic carbocycles. The van der Waals surface area contributed by atoms with Gasteiger partial charge in [0, 0.05) is 17.5 Å². The molecule has 3 aromatic heterocycles. The van der Waals surface area contributed by atoms with Crippen LogP contribution in [0.5, 0.6) is 0 Å². The number of pyridine rings is 2. The molecule has 1 fully saturated rings. The molecule has 0 unspecified atom stereocenters. The highest BCUT2D eigenvalue weighted by Crippen LogP contribution is 2.46. The highest BCUT2D eigenvalue weighted by atomic mass is 16.5. The number of para-hydroxylation sites is 1. The molecule has 5 rings (SSSR count). The largest absolute Gasteiger partial charge is 0.334 e. The second-order valence-electron chi connectivity index (χ2n) is 6.56. The Bertz CT molecular complexity index is 1060. The van der Waals surface area contributed by atoms with Crippen LogP contribution in [0.2, 0.25) is 0 Å². The highest BCUT2D eigenvalue weighted by molar-refractivity contribution is 5.94. The second kappa shape index (κ2) is 5.48. The molecule has 0 N–H and O–H groups in total. The molecule has 0 saturated heterocycles. The third-order valence-corrected chi connectivity index (χ3v) is 4.76. The number of hydrogen-bond donors (Lipinski definition) is 0. The van der Waals surface area contributed by atoms with E-state index in [1.807, 2.05) is 48.5 Å². The Kier molecular flexibility index (Phi) is 3.13. The SMILES string of the molecule is C[C@H]1C[C@H]1c1noc(-c2cc(-c3ccccn3)nc3ccccc23)n1. The zero-order valence-electron chi connectivity index (χ0n) is 13.8. The monoisotopic (exact) mass is 328 g/mol. The normalized spacial score (nSPS) is 19.2. The molecule has 2 atom stereocenters. The molecule has 3 heterocycles. The summed E-state index contributed by atoms with van der Waals surface area (Å²) >= 11 is 0. The van der Waals surface area contributed by atoms with Gasteiger partial charge in [-0.2, -0.15) is 4.98 Å². The molecule has 122 valence electrons. The standard InChI is InChI=1S/C20H16N4O/c1-12-10-14(12)19-23-20(25-24-19)15-11-18(17-8-4-5-9-21-17)22-16-7-3-2-6-13(15)16/h2-9,11-12,14H,10H2,1H3/t12-,14+/m0/s1. The molecule has 25 heavy (non-hydrogen) atoms. The fourth-order valence-electron chi connectivity index (χ4n) is 3.17. The summed E-state index contributed by atoms with van der Waals surface area (Å²) in [5.74, 6) is 2.43. The number of benzene rings is 1. The fraction of sp³-hybridized carbons (Fsp3) is 0.200. The average Bonchev–Trinajstić information content (AvgIpc) is 3.19. The topological polar surface area (TPSA) is 64.7 Å². The van der Waals surface area contributed by atoms with Crippen LogP contribution in [0.3, 0.4) is 0 Å². The van der Waals surface area contributed by atoms with E-state index in [2.05, 4.69) is 22.0 Å². The van der Waals surface area contributed by atoms with Crippen LogP contribution in [0, 0.1) is 5.92 Å². The van der Waals surface area contributed by atoms with Gasteiger partial charge in [-0.3, -0.25) is 4.98 Å². The predicted molar refractivity (Wildman–Crippen MR) is 94.8 cm³/mol. The maximum Gasteiger partial charge on any atom is 0.258 e. The van der Waals surface area contributed by atoms with Crippen LogP contribution in [0.4, 0.5) is 0 Å². The van der Waals surface area contributed by atoms with Crippen LogP contribution in [-0.2, 0) is 0 Å². The van der Waals surface area contributed by atoms with Crippen LogP contribution in [0.15, 0.2) is 59.3 Å². The molecule has 0 radical (unpaired) electrons. The third-order valence-electron chi connectivity index (χ3n) is 4.76. The number of hydrogen-bond acceptors (Lipinski definition) is 5. The van der Waals surface area contributed by atoms with Crippen molar-refractivity contribution in [3.63, 3.8) is 0 Å². The smallest absolute Gasteiger partial charge is 0.258 e. The predicted octanol–water partition coefficient (Wildman–Crippen LogP) is 4.47. The maximum atomic E-state index is 5.59. The molecule has 0 amide bonds. The van der Waals surface area contributed by atoms with Gasteiger partial charge in [-0.25, -0.2) is 4.98 Å². The molecule has 0 aliphatic heterocycles. The minimum Gasteiger partial charge on any atom is -0.334 e. The van der Waals surface area contributed by atoms with Crippen molar-refractivity contribution in [1.29, 1.82) is 0 Å². The molecule has 4 aromatic rings. The quantitative estimate of drug-likeness (QED) is 0.555. The minimum atomic E-state index is 0.431. The summed E-state index contributed by atoms with van der Waals surface area (Å²) in [6, 6.07) is 15.8. The Morgan fingerprint density at radius 1 is 1.00 bits per heavy atom. The van der Waals surface area contributed by atoms with Gasteiger partial charge in [0.25, 0.3) is 5.89 Å². The van der Waals surface area contributed by atoms with Crippen molar-refractivity contribution < 1.29 is 4.52 Å². The lowest BCUT2D eigenvalue weighted by Crippen LogP contribution is -1.92. The molecule has 0 bridgehead atoms. The van der Waals surface area contributed by atoms with E-state index in [9.17, 15) is 0 Å². The van der Waals surface area contributed by atoms with Gasteiger partial charge in [0.05, 0.1) is 22.5 Å². The Balaban J connectivity index is 1.69. The Morgan fingerprint density at radius 3 is 2.64 bits per heavy atom.